The Bertz CT molecular complexity index is 663. The van der Waals surface area contributed by atoms with E-state index in [1.54, 1.807) is 0 Å². The first kappa shape index (κ1) is 17.3. The number of carbonyl (C=O) groups is 1. The molecule has 0 spiro atoms. The number of carbonyl (C=O) groups excluding carboxylic acids is 1. The van der Waals surface area contributed by atoms with Gasteiger partial charge in [-0.25, -0.2) is 0 Å². The van der Waals surface area contributed by atoms with Gasteiger partial charge in [0.05, 0.1) is 12.5 Å². The first-order valence-corrected chi connectivity index (χ1v) is 9.19. The molecule has 3 nitrogen and oxygen atoms in total. The molecule has 0 saturated heterocycles. The third kappa shape index (κ3) is 2.28. The fourth-order valence-electron chi connectivity index (χ4n) is 5.70. The van der Waals surface area contributed by atoms with E-state index in [1.165, 1.54) is 18.2 Å². The normalized spacial score (nSPS) is 32.2. The molecule has 0 bridgehead atoms. The average molecular weight is 330 g/mol. The summed E-state index contributed by atoms with van der Waals surface area (Å²) in [4.78, 5) is 12.6. The van der Waals surface area contributed by atoms with Gasteiger partial charge in [0.15, 0.2) is 0 Å². The maximum Gasteiger partial charge on any atom is 0.311 e. The van der Waals surface area contributed by atoms with Crippen LogP contribution >= 0.6 is 0 Å². The Hall–Kier alpha value is -1.51. The monoisotopic (exact) mass is 330 g/mol. The lowest BCUT2D eigenvalue weighted by Crippen LogP contribution is -2.52. The highest BCUT2D eigenvalue weighted by atomic mass is 16.5. The van der Waals surface area contributed by atoms with Crippen LogP contribution in [-0.2, 0) is 21.4 Å². The summed E-state index contributed by atoms with van der Waals surface area (Å²) in [7, 11) is 1.51. The predicted octanol–water partition coefficient (Wildman–Crippen LogP) is 4.70. The number of aromatic hydroxyl groups is 1. The molecule has 1 aromatic rings. The van der Waals surface area contributed by atoms with Crippen molar-refractivity contribution in [2.75, 3.05) is 7.11 Å². The average Bonchev–Trinajstić information content (AvgIpc) is 2.52. The Labute approximate surface area is 145 Å². The minimum Gasteiger partial charge on any atom is -0.508 e. The van der Waals surface area contributed by atoms with Gasteiger partial charge < -0.3 is 9.84 Å². The Morgan fingerprint density at radius 1 is 1.29 bits per heavy atom. The SMILES string of the molecule is COC(=O)[C@@]1(C)CCC[C@]2(C)c3ccc(O)c(C(C)C)c3CC[C@H]12. The van der Waals surface area contributed by atoms with Gasteiger partial charge in [-0.15, -0.1) is 0 Å². The lowest BCUT2D eigenvalue weighted by atomic mass is 9.49. The fraction of sp³-hybridized carbons (Fsp3) is 0.667. The number of phenols is 1. The van der Waals surface area contributed by atoms with Crippen LogP contribution in [0.5, 0.6) is 5.75 Å². The number of hydrogen-bond donors (Lipinski definition) is 1. The second kappa shape index (κ2) is 5.79. The minimum absolute atomic E-state index is 0.0217. The molecule has 3 heteroatoms. The molecule has 0 aromatic heterocycles. The molecule has 0 unspecified atom stereocenters. The second-order valence-corrected chi connectivity index (χ2v) is 8.45. The van der Waals surface area contributed by atoms with E-state index in [9.17, 15) is 9.90 Å². The van der Waals surface area contributed by atoms with Crippen molar-refractivity contribution < 1.29 is 14.6 Å². The number of phenolic OH excluding ortho intramolecular Hbond substituents is 1. The Morgan fingerprint density at radius 3 is 2.62 bits per heavy atom. The van der Waals surface area contributed by atoms with Crippen LogP contribution in [0.15, 0.2) is 12.1 Å². The van der Waals surface area contributed by atoms with Crippen LogP contribution in [-0.4, -0.2) is 18.2 Å². The zero-order valence-electron chi connectivity index (χ0n) is 15.6. The first-order valence-electron chi connectivity index (χ1n) is 9.19. The number of methoxy groups -OCH3 is 1. The number of benzene rings is 1. The van der Waals surface area contributed by atoms with E-state index in [1.807, 2.05) is 6.07 Å². The summed E-state index contributed by atoms with van der Waals surface area (Å²) in [5.41, 5.74) is 3.33. The van der Waals surface area contributed by atoms with Crippen LogP contribution in [0.25, 0.3) is 0 Å². The molecular formula is C21H30O3. The maximum absolute atomic E-state index is 12.6. The number of hydrogen-bond acceptors (Lipinski definition) is 3. The van der Waals surface area contributed by atoms with E-state index in [-0.39, 0.29) is 11.4 Å². The summed E-state index contributed by atoms with van der Waals surface area (Å²) in [5, 5.41) is 10.4. The second-order valence-electron chi connectivity index (χ2n) is 8.45. The van der Waals surface area contributed by atoms with Crippen LogP contribution in [0.1, 0.15) is 76.0 Å². The van der Waals surface area contributed by atoms with E-state index in [4.69, 9.17) is 4.74 Å². The molecule has 1 N–H and O–H groups in total. The van der Waals surface area contributed by atoms with E-state index in [0.29, 0.717) is 17.6 Å². The summed E-state index contributed by atoms with van der Waals surface area (Å²) in [6, 6.07) is 3.96. The van der Waals surface area contributed by atoms with E-state index in [2.05, 4.69) is 33.8 Å². The van der Waals surface area contributed by atoms with E-state index < -0.39 is 5.41 Å². The molecule has 0 heterocycles. The van der Waals surface area contributed by atoms with Gasteiger partial charge in [0.1, 0.15) is 5.75 Å². The van der Waals surface area contributed by atoms with Crippen molar-refractivity contribution in [1.29, 1.82) is 0 Å². The van der Waals surface area contributed by atoms with Gasteiger partial charge in [-0.1, -0.05) is 33.3 Å². The van der Waals surface area contributed by atoms with Crippen molar-refractivity contribution in [1.82, 2.24) is 0 Å². The highest BCUT2D eigenvalue weighted by Gasteiger charge is 2.55. The zero-order chi connectivity index (χ0) is 17.7. The van der Waals surface area contributed by atoms with Gasteiger partial charge in [0, 0.05) is 0 Å². The first-order chi connectivity index (χ1) is 11.3. The Balaban J connectivity index is 2.15. The summed E-state index contributed by atoms with van der Waals surface area (Å²) >= 11 is 0. The number of esters is 1. The van der Waals surface area contributed by atoms with Crippen molar-refractivity contribution in [3.8, 4) is 5.75 Å². The van der Waals surface area contributed by atoms with Crippen LogP contribution in [0.3, 0.4) is 0 Å². The molecule has 0 amide bonds. The standard InChI is InChI=1S/C21H30O3/c1-13(2)18-14-7-10-17-20(3,15(14)8-9-16(18)22)11-6-12-21(17,4)19(23)24-5/h8-9,13,17,22H,6-7,10-12H2,1-5H3/t17-,20+,21-/m0/s1. The molecule has 132 valence electrons. The quantitative estimate of drug-likeness (QED) is 0.800. The lowest BCUT2D eigenvalue weighted by molar-refractivity contribution is -0.161. The third-order valence-corrected chi connectivity index (χ3v) is 6.79. The zero-order valence-corrected chi connectivity index (χ0v) is 15.6. The molecule has 3 atom stereocenters. The molecule has 24 heavy (non-hydrogen) atoms. The van der Waals surface area contributed by atoms with Crippen molar-refractivity contribution >= 4 is 5.97 Å². The molecule has 1 fully saturated rings. The molecular weight excluding hydrogens is 300 g/mol. The van der Waals surface area contributed by atoms with Crippen molar-refractivity contribution in [2.24, 2.45) is 11.3 Å². The van der Waals surface area contributed by atoms with Gasteiger partial charge in [-0.2, -0.15) is 0 Å². The van der Waals surface area contributed by atoms with Crippen LogP contribution in [0.2, 0.25) is 0 Å². The minimum atomic E-state index is -0.407. The van der Waals surface area contributed by atoms with Gasteiger partial charge >= 0.3 is 5.97 Å². The van der Waals surface area contributed by atoms with Crippen molar-refractivity contribution in [3.05, 3.63) is 28.8 Å². The molecule has 2 aliphatic rings. The molecule has 2 aliphatic carbocycles. The largest absolute Gasteiger partial charge is 0.508 e. The lowest BCUT2D eigenvalue weighted by Gasteiger charge is -2.54. The van der Waals surface area contributed by atoms with E-state index in [0.717, 1.165) is 37.7 Å². The molecule has 1 saturated carbocycles. The molecule has 0 aliphatic heterocycles. The maximum atomic E-state index is 12.6. The van der Waals surface area contributed by atoms with E-state index >= 15 is 0 Å². The smallest absolute Gasteiger partial charge is 0.311 e. The highest BCUT2D eigenvalue weighted by Crippen LogP contribution is 2.58. The molecule has 0 radical (unpaired) electrons. The summed E-state index contributed by atoms with van der Waals surface area (Å²) < 4.78 is 5.18. The number of ether oxygens (including phenoxy) is 1. The highest BCUT2D eigenvalue weighted by molar-refractivity contribution is 5.77. The van der Waals surface area contributed by atoms with Gasteiger partial charge in [-0.3, -0.25) is 4.79 Å². The fourth-order valence-corrected chi connectivity index (χ4v) is 5.70. The topological polar surface area (TPSA) is 46.5 Å². The number of rotatable bonds is 2. The van der Waals surface area contributed by atoms with Crippen LogP contribution < -0.4 is 0 Å². The Kier molecular flexibility index (Phi) is 4.17. The number of fused-ring (bicyclic) bond motifs is 3. The summed E-state index contributed by atoms with van der Waals surface area (Å²) in [5.74, 6) is 0.945. The summed E-state index contributed by atoms with van der Waals surface area (Å²) in [6.45, 7) is 8.69. The summed E-state index contributed by atoms with van der Waals surface area (Å²) in [6.07, 6.45) is 4.96. The van der Waals surface area contributed by atoms with Gasteiger partial charge in [-0.05, 0) is 72.6 Å². The van der Waals surface area contributed by atoms with Crippen molar-refractivity contribution in [3.63, 3.8) is 0 Å². The molecule has 1 aromatic carbocycles. The Morgan fingerprint density at radius 2 is 2.00 bits per heavy atom. The molecule has 3 rings (SSSR count). The predicted molar refractivity (Wildman–Crippen MR) is 95.3 cm³/mol. The van der Waals surface area contributed by atoms with Crippen LogP contribution in [0, 0.1) is 11.3 Å². The van der Waals surface area contributed by atoms with Gasteiger partial charge in [0.2, 0.25) is 0 Å². The van der Waals surface area contributed by atoms with Crippen molar-refractivity contribution in [2.45, 2.75) is 71.1 Å². The van der Waals surface area contributed by atoms with Gasteiger partial charge in [0.25, 0.3) is 0 Å². The third-order valence-electron chi connectivity index (χ3n) is 6.79. The van der Waals surface area contributed by atoms with Crippen LogP contribution in [0.4, 0.5) is 0 Å².